The van der Waals surface area contributed by atoms with E-state index in [1.165, 1.54) is 32.4 Å². The van der Waals surface area contributed by atoms with Gasteiger partial charge in [-0.3, -0.25) is 14.5 Å². The van der Waals surface area contributed by atoms with Crippen LogP contribution in [-0.4, -0.2) is 65.4 Å². The summed E-state index contributed by atoms with van der Waals surface area (Å²) >= 11 is 0. The van der Waals surface area contributed by atoms with Crippen LogP contribution in [0.5, 0.6) is 11.5 Å². The zero-order valence-corrected chi connectivity index (χ0v) is 18.3. The van der Waals surface area contributed by atoms with Crippen molar-refractivity contribution in [2.45, 2.75) is 5.25 Å². The average Bonchev–Trinajstić information content (AvgIpc) is 2.96. The van der Waals surface area contributed by atoms with Crippen molar-refractivity contribution in [1.29, 1.82) is 0 Å². The molecule has 0 saturated heterocycles. The number of nitrogen functional groups attached to an aromatic ring is 1. The lowest BCUT2D eigenvalue weighted by Gasteiger charge is -2.22. The number of benzene rings is 2. The largest absolute Gasteiger partial charge is 0.493 e. The first-order valence-corrected chi connectivity index (χ1v) is 11.4. The first-order valence-electron chi connectivity index (χ1n) is 9.42. The lowest BCUT2D eigenvalue weighted by Crippen LogP contribution is -2.36. The number of nitrogens with zero attached hydrogens (tertiary/aromatic N) is 1. The number of carbonyl (C=O) groups is 2. The Bertz CT molecular complexity index is 1110. The van der Waals surface area contributed by atoms with E-state index in [0.717, 1.165) is 11.2 Å². The van der Waals surface area contributed by atoms with Crippen LogP contribution < -0.4 is 15.2 Å². The Hall–Kier alpha value is -3.11. The highest BCUT2D eigenvalue weighted by atomic mass is 32.2. The molecule has 2 N–H and O–H groups in total. The quantitative estimate of drug-likeness (QED) is 0.349. The minimum atomic E-state index is -3.71. The predicted molar refractivity (Wildman–Crippen MR) is 114 cm³/mol. The minimum absolute atomic E-state index is 0.0954. The molecule has 0 aliphatic carbocycles. The van der Waals surface area contributed by atoms with Crippen molar-refractivity contribution < 1.29 is 32.2 Å². The normalized spacial score (nSPS) is 14.5. The number of hydrogen-bond acceptors (Lipinski definition) is 8. The van der Waals surface area contributed by atoms with E-state index in [-0.39, 0.29) is 30.0 Å². The molecule has 10 heteroatoms. The number of ether oxygens (including phenoxy) is 3. The SMILES string of the molecule is COCCOc1cc(C(CN2C(=O)c3cccc(N)c3C2=O)S(C)(=O)=O)ccc1OC. The Labute approximate surface area is 180 Å². The van der Waals surface area contributed by atoms with Crippen LogP contribution >= 0.6 is 0 Å². The van der Waals surface area contributed by atoms with Crippen LogP contribution in [0.4, 0.5) is 5.69 Å². The number of anilines is 1. The second-order valence-corrected chi connectivity index (χ2v) is 9.29. The number of hydrogen-bond donors (Lipinski definition) is 1. The molecule has 1 atom stereocenters. The maximum atomic E-state index is 12.8. The molecule has 2 aromatic carbocycles. The van der Waals surface area contributed by atoms with Crippen molar-refractivity contribution in [2.75, 3.05) is 46.0 Å². The van der Waals surface area contributed by atoms with Crippen LogP contribution in [0.25, 0.3) is 0 Å². The van der Waals surface area contributed by atoms with E-state index in [0.29, 0.717) is 23.7 Å². The Morgan fingerprint density at radius 2 is 1.77 bits per heavy atom. The van der Waals surface area contributed by atoms with Gasteiger partial charge in [-0.15, -0.1) is 0 Å². The maximum Gasteiger partial charge on any atom is 0.263 e. The zero-order valence-electron chi connectivity index (χ0n) is 17.5. The molecule has 0 bridgehead atoms. The fourth-order valence-corrected chi connectivity index (χ4v) is 4.48. The molecule has 1 aliphatic rings. The van der Waals surface area contributed by atoms with E-state index < -0.39 is 26.9 Å². The van der Waals surface area contributed by atoms with E-state index >= 15 is 0 Å². The molecule has 2 aromatic rings. The molecule has 31 heavy (non-hydrogen) atoms. The van der Waals surface area contributed by atoms with E-state index in [1.54, 1.807) is 18.2 Å². The highest BCUT2D eigenvalue weighted by molar-refractivity contribution is 7.91. The summed E-state index contributed by atoms with van der Waals surface area (Å²) in [5, 5.41) is -1.16. The lowest BCUT2D eigenvalue weighted by molar-refractivity contribution is 0.0654. The van der Waals surface area contributed by atoms with Crippen LogP contribution in [0.15, 0.2) is 36.4 Å². The molecule has 0 saturated carbocycles. The third kappa shape index (κ3) is 4.49. The topological polar surface area (TPSA) is 125 Å². The molecule has 0 radical (unpaired) electrons. The van der Waals surface area contributed by atoms with Gasteiger partial charge in [0.15, 0.2) is 21.3 Å². The molecule has 9 nitrogen and oxygen atoms in total. The van der Waals surface area contributed by atoms with E-state index in [1.807, 2.05) is 0 Å². The van der Waals surface area contributed by atoms with Crippen LogP contribution in [0.3, 0.4) is 0 Å². The zero-order chi connectivity index (χ0) is 22.8. The summed E-state index contributed by atoms with van der Waals surface area (Å²) in [5.41, 5.74) is 6.66. The molecule has 1 aliphatic heterocycles. The lowest BCUT2D eigenvalue weighted by atomic mass is 10.1. The fraction of sp³-hybridized carbons (Fsp3) is 0.333. The summed E-state index contributed by atoms with van der Waals surface area (Å²) < 4.78 is 41.1. The molecule has 166 valence electrons. The van der Waals surface area contributed by atoms with Crippen molar-refractivity contribution in [3.8, 4) is 11.5 Å². The molecule has 1 unspecified atom stereocenters. The van der Waals surface area contributed by atoms with Crippen molar-refractivity contribution in [3.05, 3.63) is 53.1 Å². The maximum absolute atomic E-state index is 12.8. The molecular weight excluding hydrogens is 424 g/mol. The monoisotopic (exact) mass is 448 g/mol. The fourth-order valence-electron chi connectivity index (χ4n) is 3.42. The molecule has 0 fully saturated rings. The van der Waals surface area contributed by atoms with Gasteiger partial charge < -0.3 is 19.9 Å². The molecular formula is C21H24N2O7S. The molecule has 0 spiro atoms. The first-order chi connectivity index (χ1) is 14.7. The number of fused-ring (bicyclic) bond motifs is 1. The van der Waals surface area contributed by atoms with Crippen molar-refractivity contribution >= 4 is 27.3 Å². The van der Waals surface area contributed by atoms with Crippen LogP contribution in [0, 0.1) is 0 Å². The second-order valence-electron chi connectivity index (χ2n) is 7.06. The summed E-state index contributed by atoms with van der Waals surface area (Å²) in [6.45, 7) is 0.214. The van der Waals surface area contributed by atoms with Gasteiger partial charge >= 0.3 is 0 Å². The predicted octanol–water partition coefficient (Wildman–Crippen LogP) is 1.68. The molecule has 2 amide bonds. The highest BCUT2D eigenvalue weighted by Crippen LogP contribution is 2.35. The Morgan fingerprint density at radius 1 is 1.03 bits per heavy atom. The summed E-state index contributed by atoms with van der Waals surface area (Å²) in [6.07, 6.45) is 1.06. The molecule has 1 heterocycles. The van der Waals surface area contributed by atoms with Crippen LogP contribution in [0.2, 0.25) is 0 Å². The Kier molecular flexibility index (Phi) is 6.51. The van der Waals surface area contributed by atoms with Gasteiger partial charge in [0.05, 0.1) is 31.4 Å². The third-order valence-corrected chi connectivity index (χ3v) is 6.46. The van der Waals surface area contributed by atoms with Gasteiger partial charge in [0.25, 0.3) is 11.8 Å². The number of sulfone groups is 1. The standard InChI is InChI=1S/C21H24N2O7S/c1-28-9-10-30-17-11-13(7-8-16(17)29-2)18(31(3,26)27)12-23-20(24)14-5-4-6-15(22)19(14)21(23)25/h4-8,11,18H,9-10,12,22H2,1-3H3. The van der Waals surface area contributed by atoms with Gasteiger partial charge in [-0.05, 0) is 29.8 Å². The summed E-state index contributed by atoms with van der Waals surface area (Å²) in [7, 11) is -0.709. The molecule has 3 rings (SSSR count). The van der Waals surface area contributed by atoms with Crippen LogP contribution in [-0.2, 0) is 14.6 Å². The van der Waals surface area contributed by atoms with Gasteiger partial charge in [0.2, 0.25) is 0 Å². The van der Waals surface area contributed by atoms with E-state index in [4.69, 9.17) is 19.9 Å². The number of rotatable bonds is 9. The van der Waals surface area contributed by atoms with E-state index in [2.05, 4.69) is 0 Å². The number of amides is 2. The third-order valence-electron chi connectivity index (χ3n) is 5.00. The summed E-state index contributed by atoms with van der Waals surface area (Å²) in [4.78, 5) is 26.5. The van der Waals surface area contributed by atoms with Crippen LogP contribution in [0.1, 0.15) is 31.5 Å². The van der Waals surface area contributed by atoms with Crippen molar-refractivity contribution in [3.63, 3.8) is 0 Å². The number of imide groups is 1. The van der Waals surface area contributed by atoms with Crippen molar-refractivity contribution in [2.24, 2.45) is 0 Å². The highest BCUT2D eigenvalue weighted by Gasteiger charge is 2.40. The number of carbonyl (C=O) groups excluding carboxylic acids is 2. The van der Waals surface area contributed by atoms with Gasteiger partial charge in [0, 0.05) is 19.1 Å². The molecule has 0 aromatic heterocycles. The van der Waals surface area contributed by atoms with E-state index in [9.17, 15) is 18.0 Å². The van der Waals surface area contributed by atoms with Gasteiger partial charge in [0.1, 0.15) is 11.9 Å². The average molecular weight is 448 g/mol. The van der Waals surface area contributed by atoms with Gasteiger partial charge in [-0.25, -0.2) is 8.42 Å². The Balaban J connectivity index is 1.96. The minimum Gasteiger partial charge on any atom is -0.493 e. The smallest absolute Gasteiger partial charge is 0.263 e. The van der Waals surface area contributed by atoms with Gasteiger partial charge in [-0.1, -0.05) is 12.1 Å². The summed E-state index contributed by atoms with van der Waals surface area (Å²) in [5.74, 6) is -0.444. The second kappa shape index (κ2) is 8.94. The van der Waals surface area contributed by atoms with Crippen molar-refractivity contribution in [1.82, 2.24) is 4.90 Å². The first kappa shape index (κ1) is 22.6. The Morgan fingerprint density at radius 3 is 2.39 bits per heavy atom. The van der Waals surface area contributed by atoms with Gasteiger partial charge in [-0.2, -0.15) is 0 Å². The number of nitrogens with two attached hydrogens (primary N) is 1. The summed E-state index contributed by atoms with van der Waals surface area (Å²) in [6, 6.07) is 9.28. The number of methoxy groups -OCH3 is 2.